The summed E-state index contributed by atoms with van der Waals surface area (Å²) in [7, 11) is 0. The van der Waals surface area contributed by atoms with Crippen molar-refractivity contribution in [2.24, 2.45) is 5.92 Å². The number of pyridine rings is 1. The number of nitrogens with zero attached hydrogens (tertiary/aromatic N) is 3. The van der Waals surface area contributed by atoms with Gasteiger partial charge in [0, 0.05) is 56.4 Å². The van der Waals surface area contributed by atoms with E-state index in [4.69, 9.17) is 0 Å². The third-order valence-corrected chi connectivity index (χ3v) is 5.00. The molecular weight excluding hydrogens is 340 g/mol. The zero-order valence-corrected chi connectivity index (χ0v) is 15.9. The van der Waals surface area contributed by atoms with E-state index in [9.17, 15) is 9.59 Å². The number of benzene rings is 1. The highest BCUT2D eigenvalue weighted by atomic mass is 16.2. The van der Waals surface area contributed by atoms with Gasteiger partial charge in [0.05, 0.1) is 5.92 Å². The maximum absolute atomic E-state index is 12.4. The number of rotatable bonds is 7. The molecule has 2 amide bonds. The fourth-order valence-electron chi connectivity index (χ4n) is 3.40. The fraction of sp³-hybridized carbons (Fsp3) is 0.381. The summed E-state index contributed by atoms with van der Waals surface area (Å²) in [6, 6.07) is 11.7. The van der Waals surface area contributed by atoms with Gasteiger partial charge in [0.15, 0.2) is 0 Å². The zero-order valence-electron chi connectivity index (χ0n) is 15.9. The highest BCUT2D eigenvalue weighted by molar-refractivity contribution is 6.00. The van der Waals surface area contributed by atoms with E-state index < -0.39 is 0 Å². The van der Waals surface area contributed by atoms with Gasteiger partial charge in [-0.3, -0.25) is 14.6 Å². The molecule has 1 atom stereocenters. The Balaban J connectivity index is 1.60. The largest absolute Gasteiger partial charge is 0.372 e. The summed E-state index contributed by atoms with van der Waals surface area (Å²) in [4.78, 5) is 32.8. The molecule has 0 bridgehead atoms. The predicted octanol–water partition coefficient (Wildman–Crippen LogP) is 2.60. The molecule has 1 aromatic carbocycles. The van der Waals surface area contributed by atoms with Crippen molar-refractivity contribution in [2.45, 2.75) is 26.8 Å². The first kappa shape index (κ1) is 18.9. The Morgan fingerprint density at radius 3 is 2.44 bits per heavy atom. The van der Waals surface area contributed by atoms with E-state index in [1.54, 1.807) is 17.3 Å². The second-order valence-corrected chi connectivity index (χ2v) is 6.67. The van der Waals surface area contributed by atoms with Gasteiger partial charge in [-0.05, 0) is 55.8 Å². The summed E-state index contributed by atoms with van der Waals surface area (Å²) in [5.74, 6) is -0.404. The number of carbonyl (C=O) groups is 2. The maximum atomic E-state index is 12.4. The molecule has 1 aromatic heterocycles. The van der Waals surface area contributed by atoms with Gasteiger partial charge < -0.3 is 15.1 Å². The molecule has 27 heavy (non-hydrogen) atoms. The Labute approximate surface area is 160 Å². The minimum absolute atomic E-state index is 0.00495. The summed E-state index contributed by atoms with van der Waals surface area (Å²) in [6.07, 6.45) is 3.65. The number of anilines is 2. The molecule has 1 saturated heterocycles. The number of hydrogen-bond acceptors (Lipinski definition) is 4. The van der Waals surface area contributed by atoms with Crippen molar-refractivity contribution in [3.05, 3.63) is 54.4 Å². The number of nitrogens with one attached hydrogen (secondary N) is 1. The van der Waals surface area contributed by atoms with Gasteiger partial charge in [0.2, 0.25) is 11.8 Å². The smallest absolute Gasteiger partial charge is 0.227 e. The summed E-state index contributed by atoms with van der Waals surface area (Å²) < 4.78 is 0. The van der Waals surface area contributed by atoms with Gasteiger partial charge in [-0.2, -0.15) is 0 Å². The molecule has 1 aliphatic rings. The van der Waals surface area contributed by atoms with E-state index >= 15 is 0 Å². The lowest BCUT2D eigenvalue weighted by Crippen LogP contribution is -2.32. The molecule has 1 fully saturated rings. The van der Waals surface area contributed by atoms with Crippen molar-refractivity contribution < 1.29 is 9.59 Å². The number of aromatic nitrogens is 1. The fourth-order valence-corrected chi connectivity index (χ4v) is 3.40. The lowest BCUT2D eigenvalue weighted by molar-refractivity contribution is -0.126. The van der Waals surface area contributed by atoms with Crippen LogP contribution in [-0.2, 0) is 16.1 Å². The van der Waals surface area contributed by atoms with Crippen LogP contribution in [0.25, 0.3) is 0 Å². The summed E-state index contributed by atoms with van der Waals surface area (Å²) in [5.41, 5.74) is 2.98. The normalized spacial score (nSPS) is 16.4. The van der Waals surface area contributed by atoms with E-state index in [1.165, 1.54) is 0 Å². The minimum atomic E-state index is -0.318. The van der Waals surface area contributed by atoms with Crippen molar-refractivity contribution in [1.29, 1.82) is 0 Å². The van der Waals surface area contributed by atoms with Gasteiger partial charge >= 0.3 is 0 Å². The average molecular weight is 366 g/mol. The standard InChI is InChI=1S/C21H26N4O2/c1-3-24(4-2)18-5-7-19(8-6-18)25-15-17(13-20(25)26)21(27)23-14-16-9-11-22-12-10-16/h5-12,17H,3-4,13-15H2,1-2H3,(H,23,27). The summed E-state index contributed by atoms with van der Waals surface area (Å²) in [6.45, 7) is 7.00. The molecular formula is C21H26N4O2. The van der Waals surface area contributed by atoms with Crippen molar-refractivity contribution in [3.8, 4) is 0 Å². The quantitative estimate of drug-likeness (QED) is 0.818. The minimum Gasteiger partial charge on any atom is -0.372 e. The van der Waals surface area contributed by atoms with Crippen LogP contribution in [0.5, 0.6) is 0 Å². The van der Waals surface area contributed by atoms with Crippen molar-refractivity contribution in [3.63, 3.8) is 0 Å². The molecule has 0 aliphatic carbocycles. The van der Waals surface area contributed by atoms with E-state index in [0.29, 0.717) is 13.1 Å². The number of carbonyl (C=O) groups excluding carboxylic acids is 2. The van der Waals surface area contributed by atoms with Crippen LogP contribution in [0.2, 0.25) is 0 Å². The molecule has 6 nitrogen and oxygen atoms in total. The van der Waals surface area contributed by atoms with Gasteiger partial charge in [0.25, 0.3) is 0 Å². The second kappa shape index (κ2) is 8.66. The molecule has 1 aliphatic heterocycles. The van der Waals surface area contributed by atoms with E-state index in [0.717, 1.165) is 30.0 Å². The molecule has 6 heteroatoms. The first-order valence-corrected chi connectivity index (χ1v) is 9.44. The molecule has 2 aromatic rings. The SMILES string of the molecule is CCN(CC)c1ccc(N2CC(C(=O)NCc3ccncc3)CC2=O)cc1. The lowest BCUT2D eigenvalue weighted by atomic mass is 10.1. The van der Waals surface area contributed by atoms with Crippen molar-refractivity contribution >= 4 is 23.2 Å². The zero-order chi connectivity index (χ0) is 19.2. The highest BCUT2D eigenvalue weighted by Gasteiger charge is 2.35. The van der Waals surface area contributed by atoms with E-state index in [2.05, 4.69) is 29.0 Å². The Kier molecular flexibility index (Phi) is 6.06. The Morgan fingerprint density at radius 1 is 1.15 bits per heavy atom. The molecule has 0 saturated carbocycles. The third-order valence-electron chi connectivity index (χ3n) is 5.00. The molecule has 0 spiro atoms. The Bertz CT molecular complexity index is 773. The maximum Gasteiger partial charge on any atom is 0.227 e. The van der Waals surface area contributed by atoms with Crippen LogP contribution in [0.15, 0.2) is 48.8 Å². The van der Waals surface area contributed by atoms with Crippen LogP contribution in [0.1, 0.15) is 25.8 Å². The van der Waals surface area contributed by atoms with Crippen LogP contribution in [0.3, 0.4) is 0 Å². The number of amides is 2. The van der Waals surface area contributed by atoms with Crippen LogP contribution in [0.4, 0.5) is 11.4 Å². The molecule has 0 radical (unpaired) electrons. The topological polar surface area (TPSA) is 65.5 Å². The molecule has 2 heterocycles. The molecule has 1 N–H and O–H groups in total. The summed E-state index contributed by atoms with van der Waals surface area (Å²) >= 11 is 0. The van der Waals surface area contributed by atoms with E-state index in [1.807, 2.05) is 36.4 Å². The van der Waals surface area contributed by atoms with E-state index in [-0.39, 0.29) is 24.2 Å². The predicted molar refractivity (Wildman–Crippen MR) is 107 cm³/mol. The number of hydrogen-bond donors (Lipinski definition) is 1. The second-order valence-electron chi connectivity index (χ2n) is 6.67. The Hall–Kier alpha value is -2.89. The summed E-state index contributed by atoms with van der Waals surface area (Å²) in [5, 5.41) is 2.92. The van der Waals surface area contributed by atoms with Crippen LogP contribution in [0, 0.1) is 5.92 Å². The van der Waals surface area contributed by atoms with Gasteiger partial charge in [-0.1, -0.05) is 0 Å². The first-order chi connectivity index (χ1) is 13.1. The monoisotopic (exact) mass is 366 g/mol. The average Bonchev–Trinajstić information content (AvgIpc) is 3.10. The molecule has 142 valence electrons. The van der Waals surface area contributed by atoms with Gasteiger partial charge in [-0.15, -0.1) is 0 Å². The van der Waals surface area contributed by atoms with Crippen molar-refractivity contribution in [2.75, 3.05) is 29.4 Å². The van der Waals surface area contributed by atoms with Gasteiger partial charge in [0.1, 0.15) is 0 Å². The van der Waals surface area contributed by atoms with Gasteiger partial charge in [-0.25, -0.2) is 0 Å². The lowest BCUT2D eigenvalue weighted by Gasteiger charge is -2.22. The van der Waals surface area contributed by atoms with Crippen LogP contribution in [-0.4, -0.2) is 36.4 Å². The van der Waals surface area contributed by atoms with Crippen molar-refractivity contribution in [1.82, 2.24) is 10.3 Å². The first-order valence-electron chi connectivity index (χ1n) is 9.44. The molecule has 1 unspecified atom stereocenters. The molecule has 3 rings (SSSR count). The Morgan fingerprint density at radius 2 is 1.81 bits per heavy atom. The van der Waals surface area contributed by atoms with Crippen LogP contribution < -0.4 is 15.1 Å². The highest BCUT2D eigenvalue weighted by Crippen LogP contribution is 2.27. The third kappa shape index (κ3) is 4.45. The van der Waals surface area contributed by atoms with Crippen LogP contribution >= 0.6 is 0 Å².